The van der Waals surface area contributed by atoms with Crippen molar-refractivity contribution >= 4 is 0 Å². The molecule has 0 spiro atoms. The van der Waals surface area contributed by atoms with Gasteiger partial charge in [-0.25, -0.2) is 0 Å². The van der Waals surface area contributed by atoms with Gasteiger partial charge < -0.3 is 14.9 Å². The molecule has 3 heteroatoms. The predicted molar refractivity (Wildman–Crippen MR) is 54.9 cm³/mol. The van der Waals surface area contributed by atoms with Gasteiger partial charge in [-0.2, -0.15) is 0 Å². The minimum Gasteiger partial charge on any atom is -0.389 e. The fraction of sp³-hybridized carbons (Fsp3) is 1.00. The number of hydrogen-bond donors (Lipinski definition) is 1. The zero-order valence-corrected chi connectivity index (χ0v) is 9.08. The second-order valence-electron chi connectivity index (χ2n) is 4.62. The molecular weight excluding hydrogens is 164 g/mol. The molecule has 1 unspecified atom stereocenters. The van der Waals surface area contributed by atoms with Gasteiger partial charge >= 0.3 is 0 Å². The van der Waals surface area contributed by atoms with Crippen LogP contribution in [0.4, 0.5) is 0 Å². The van der Waals surface area contributed by atoms with Crippen molar-refractivity contribution in [2.24, 2.45) is 0 Å². The van der Waals surface area contributed by atoms with Crippen LogP contribution in [0.15, 0.2) is 0 Å². The molecule has 3 nitrogen and oxygen atoms in total. The molecule has 13 heavy (non-hydrogen) atoms. The van der Waals surface area contributed by atoms with Crippen LogP contribution < -0.4 is 0 Å². The maximum Gasteiger partial charge on any atom is 0.0786 e. The van der Waals surface area contributed by atoms with Crippen molar-refractivity contribution in [3.05, 3.63) is 0 Å². The lowest BCUT2D eigenvalue weighted by Crippen LogP contribution is -2.47. The summed E-state index contributed by atoms with van der Waals surface area (Å²) in [6, 6.07) is 0. The maximum absolute atomic E-state index is 10.2. The van der Waals surface area contributed by atoms with Gasteiger partial charge in [0, 0.05) is 13.1 Å². The zero-order valence-electron chi connectivity index (χ0n) is 9.08. The van der Waals surface area contributed by atoms with Gasteiger partial charge in [0.05, 0.1) is 5.60 Å². The SMILES string of the molecule is CN(C)CCC1(O)CCCN(C)C1. The Kier molecular flexibility index (Phi) is 3.71. The lowest BCUT2D eigenvalue weighted by Gasteiger charge is -2.38. The number of likely N-dealkylation sites (tertiary alicyclic amines) is 1. The summed E-state index contributed by atoms with van der Waals surface area (Å²) >= 11 is 0. The van der Waals surface area contributed by atoms with E-state index in [2.05, 4.69) is 30.9 Å². The van der Waals surface area contributed by atoms with Crippen molar-refractivity contribution in [1.82, 2.24) is 9.80 Å². The van der Waals surface area contributed by atoms with Crippen LogP contribution in [0.5, 0.6) is 0 Å². The summed E-state index contributed by atoms with van der Waals surface area (Å²) in [5, 5.41) is 10.2. The Hall–Kier alpha value is -0.120. The predicted octanol–water partition coefficient (Wildman–Crippen LogP) is 0.395. The van der Waals surface area contributed by atoms with E-state index in [1.165, 1.54) is 0 Å². The Morgan fingerprint density at radius 1 is 1.46 bits per heavy atom. The molecule has 1 aliphatic rings. The van der Waals surface area contributed by atoms with E-state index in [0.717, 1.165) is 38.9 Å². The largest absolute Gasteiger partial charge is 0.389 e. The summed E-state index contributed by atoms with van der Waals surface area (Å²) in [4.78, 5) is 4.35. The fourth-order valence-electron chi connectivity index (χ4n) is 1.97. The highest BCUT2D eigenvalue weighted by Crippen LogP contribution is 2.23. The molecule has 0 aromatic rings. The van der Waals surface area contributed by atoms with E-state index in [-0.39, 0.29) is 0 Å². The van der Waals surface area contributed by atoms with Crippen LogP contribution >= 0.6 is 0 Å². The molecule has 1 saturated heterocycles. The van der Waals surface area contributed by atoms with Gasteiger partial charge in [-0.3, -0.25) is 0 Å². The number of β-amino-alcohol motifs (C(OH)–C–C–N with tert-alkyl or cyclic N) is 1. The summed E-state index contributed by atoms with van der Waals surface area (Å²) in [5.74, 6) is 0. The average molecular weight is 186 g/mol. The van der Waals surface area contributed by atoms with Gasteiger partial charge in [-0.05, 0) is 47.0 Å². The first kappa shape index (κ1) is 11.0. The minimum absolute atomic E-state index is 0.433. The first-order valence-electron chi connectivity index (χ1n) is 5.07. The van der Waals surface area contributed by atoms with Crippen molar-refractivity contribution < 1.29 is 5.11 Å². The second-order valence-corrected chi connectivity index (χ2v) is 4.62. The molecule has 1 N–H and O–H groups in total. The monoisotopic (exact) mass is 186 g/mol. The smallest absolute Gasteiger partial charge is 0.0786 e. The summed E-state index contributed by atoms with van der Waals surface area (Å²) in [7, 11) is 6.19. The van der Waals surface area contributed by atoms with Crippen LogP contribution in [-0.2, 0) is 0 Å². The highest BCUT2D eigenvalue weighted by molar-refractivity contribution is 4.86. The molecule has 78 valence electrons. The number of piperidine rings is 1. The Morgan fingerprint density at radius 3 is 2.69 bits per heavy atom. The van der Waals surface area contributed by atoms with Crippen molar-refractivity contribution in [2.45, 2.75) is 24.9 Å². The Balaban J connectivity index is 2.35. The van der Waals surface area contributed by atoms with Crippen LogP contribution in [-0.4, -0.2) is 61.3 Å². The molecule has 0 aromatic carbocycles. The Bertz CT molecular complexity index is 161. The van der Waals surface area contributed by atoms with Crippen LogP contribution in [0.3, 0.4) is 0 Å². The number of rotatable bonds is 3. The molecule has 0 radical (unpaired) electrons. The molecular formula is C10H22N2O. The topological polar surface area (TPSA) is 26.7 Å². The number of likely N-dealkylation sites (N-methyl/N-ethyl adjacent to an activating group) is 1. The fourth-order valence-corrected chi connectivity index (χ4v) is 1.97. The standard InChI is InChI=1S/C10H22N2O/c1-11(2)8-6-10(13)5-4-7-12(3)9-10/h13H,4-9H2,1-3H3. The number of nitrogens with zero attached hydrogens (tertiary/aromatic N) is 2. The van der Waals surface area contributed by atoms with Gasteiger partial charge in [-0.15, -0.1) is 0 Å². The molecule has 1 aliphatic heterocycles. The van der Waals surface area contributed by atoms with Crippen molar-refractivity contribution in [1.29, 1.82) is 0 Å². The van der Waals surface area contributed by atoms with Gasteiger partial charge in [-0.1, -0.05) is 0 Å². The highest BCUT2D eigenvalue weighted by Gasteiger charge is 2.31. The number of hydrogen-bond acceptors (Lipinski definition) is 3. The van der Waals surface area contributed by atoms with Gasteiger partial charge in [0.1, 0.15) is 0 Å². The number of aliphatic hydroxyl groups is 1. The lowest BCUT2D eigenvalue weighted by molar-refractivity contribution is -0.0331. The summed E-state index contributed by atoms with van der Waals surface area (Å²) in [6.45, 7) is 2.94. The molecule has 1 atom stereocenters. The molecule has 1 fully saturated rings. The van der Waals surface area contributed by atoms with Crippen molar-refractivity contribution in [3.8, 4) is 0 Å². The molecule has 0 bridgehead atoms. The van der Waals surface area contributed by atoms with E-state index in [1.807, 2.05) is 0 Å². The summed E-state index contributed by atoms with van der Waals surface area (Å²) in [6.07, 6.45) is 2.98. The normalized spacial score (nSPS) is 31.2. The Morgan fingerprint density at radius 2 is 2.15 bits per heavy atom. The molecule has 1 rings (SSSR count). The molecule has 0 aliphatic carbocycles. The van der Waals surface area contributed by atoms with Gasteiger partial charge in [0.25, 0.3) is 0 Å². The molecule has 1 heterocycles. The molecule has 0 saturated carbocycles. The average Bonchev–Trinajstić information content (AvgIpc) is 2.01. The Labute approximate surface area is 81.3 Å². The van der Waals surface area contributed by atoms with E-state index in [4.69, 9.17) is 0 Å². The second kappa shape index (κ2) is 4.40. The van der Waals surface area contributed by atoms with Gasteiger partial charge in [0.2, 0.25) is 0 Å². The molecule has 0 aromatic heterocycles. The summed E-state index contributed by atoms with van der Waals surface area (Å²) < 4.78 is 0. The quantitative estimate of drug-likeness (QED) is 0.691. The maximum atomic E-state index is 10.2. The van der Waals surface area contributed by atoms with Gasteiger partial charge in [0.15, 0.2) is 0 Å². The van der Waals surface area contributed by atoms with Crippen LogP contribution in [0.2, 0.25) is 0 Å². The van der Waals surface area contributed by atoms with E-state index in [0.29, 0.717) is 0 Å². The first-order valence-corrected chi connectivity index (χ1v) is 5.07. The lowest BCUT2D eigenvalue weighted by atomic mass is 9.90. The first-order chi connectivity index (χ1) is 6.02. The van der Waals surface area contributed by atoms with E-state index in [1.54, 1.807) is 0 Å². The third kappa shape index (κ3) is 3.63. The third-order valence-electron chi connectivity index (χ3n) is 2.77. The molecule has 0 amide bonds. The van der Waals surface area contributed by atoms with Crippen molar-refractivity contribution in [2.75, 3.05) is 40.8 Å². The van der Waals surface area contributed by atoms with Crippen LogP contribution in [0.1, 0.15) is 19.3 Å². The van der Waals surface area contributed by atoms with E-state index < -0.39 is 5.60 Å². The van der Waals surface area contributed by atoms with Crippen LogP contribution in [0, 0.1) is 0 Å². The minimum atomic E-state index is -0.433. The van der Waals surface area contributed by atoms with E-state index in [9.17, 15) is 5.11 Å². The third-order valence-corrected chi connectivity index (χ3v) is 2.77. The van der Waals surface area contributed by atoms with Crippen LogP contribution in [0.25, 0.3) is 0 Å². The highest BCUT2D eigenvalue weighted by atomic mass is 16.3. The van der Waals surface area contributed by atoms with Crippen molar-refractivity contribution in [3.63, 3.8) is 0 Å². The zero-order chi connectivity index (χ0) is 9.90. The summed E-state index contributed by atoms with van der Waals surface area (Å²) in [5.41, 5.74) is -0.433. The van der Waals surface area contributed by atoms with E-state index >= 15 is 0 Å².